The van der Waals surface area contributed by atoms with Crippen molar-refractivity contribution in [2.45, 2.75) is 6.04 Å². The molecule has 0 radical (unpaired) electrons. The average molecular weight is 246 g/mol. The van der Waals surface area contributed by atoms with E-state index in [-0.39, 0.29) is 12.3 Å². The van der Waals surface area contributed by atoms with Gasteiger partial charge in [0.25, 0.3) is 0 Å². The molecule has 0 bridgehead atoms. The summed E-state index contributed by atoms with van der Waals surface area (Å²) in [5.41, 5.74) is 0. The summed E-state index contributed by atoms with van der Waals surface area (Å²) in [7, 11) is 1.17. The Balaban J connectivity index is 2.86. The lowest BCUT2D eigenvalue weighted by Crippen LogP contribution is -2.48. The second-order valence-electron chi connectivity index (χ2n) is 2.48. The van der Waals surface area contributed by atoms with Gasteiger partial charge >= 0.3 is 15.2 Å². The number of aliphatic carboxylic acids is 1. The van der Waals surface area contributed by atoms with Crippen LogP contribution in [0.3, 0.4) is 0 Å². The molecule has 0 aromatic rings. The second kappa shape index (κ2) is 4.04. The first kappa shape index (κ1) is 11.1. The van der Waals surface area contributed by atoms with Gasteiger partial charge in [0, 0.05) is 28.7 Å². The number of carboxylic acids is 1. The number of hydrogen-bond donors (Lipinski definition) is 1. The monoisotopic (exact) mass is 245 g/mol. The van der Waals surface area contributed by atoms with Crippen LogP contribution < -0.4 is 0 Å². The third-order valence-corrected chi connectivity index (χ3v) is 4.20. The molecule has 1 aliphatic rings. The van der Waals surface area contributed by atoms with Gasteiger partial charge in [-0.1, -0.05) is 0 Å². The van der Waals surface area contributed by atoms with Crippen LogP contribution in [-0.4, -0.2) is 47.9 Å². The molecule has 0 saturated carbocycles. The maximum Gasteiger partial charge on any atom is 0.322 e. The summed E-state index contributed by atoms with van der Waals surface area (Å²) in [5, 5.41) is 8.69. The molecule has 0 aromatic heterocycles. The van der Waals surface area contributed by atoms with E-state index in [1.54, 1.807) is 0 Å². The van der Waals surface area contributed by atoms with Gasteiger partial charge in [-0.15, -0.1) is 0 Å². The summed E-state index contributed by atoms with van der Waals surface area (Å²) in [4.78, 5) is 10.6. The van der Waals surface area contributed by atoms with Crippen molar-refractivity contribution in [3.8, 4) is 0 Å². The molecular formula is C5H8ClNO4S2. The second-order valence-corrected chi connectivity index (χ2v) is 6.09. The summed E-state index contributed by atoms with van der Waals surface area (Å²) in [6.45, 7) is 0.160. The zero-order valence-electron chi connectivity index (χ0n) is 6.51. The summed E-state index contributed by atoms with van der Waals surface area (Å²) >= 11 is 1.41. The van der Waals surface area contributed by atoms with Crippen LogP contribution in [0.25, 0.3) is 0 Å². The molecule has 1 fully saturated rings. The molecule has 1 N–H and O–H groups in total. The van der Waals surface area contributed by atoms with Crippen LogP contribution in [0.2, 0.25) is 0 Å². The molecule has 5 nitrogen and oxygen atoms in total. The molecule has 13 heavy (non-hydrogen) atoms. The third-order valence-electron chi connectivity index (χ3n) is 1.64. The standard InChI is InChI=1S/C5H8ClNO4S2/c6-13(10,11)7-1-2-12-3-4(7)5(8)9/h4H,1-3H2,(H,8,9). The van der Waals surface area contributed by atoms with Crippen molar-refractivity contribution in [2.24, 2.45) is 0 Å². The number of rotatable bonds is 2. The zero-order valence-corrected chi connectivity index (χ0v) is 8.90. The molecule has 0 amide bonds. The number of thioether (sulfide) groups is 1. The first-order chi connectivity index (χ1) is 5.93. The molecule has 1 rings (SSSR count). The highest BCUT2D eigenvalue weighted by Gasteiger charge is 2.35. The summed E-state index contributed by atoms with van der Waals surface area (Å²) in [6, 6.07) is -1.03. The average Bonchev–Trinajstić information content (AvgIpc) is 2.03. The molecule has 1 heterocycles. The quantitative estimate of drug-likeness (QED) is 0.692. The first-order valence-corrected chi connectivity index (χ1v) is 6.87. The molecule has 0 spiro atoms. The smallest absolute Gasteiger partial charge is 0.322 e. The van der Waals surface area contributed by atoms with Gasteiger partial charge in [-0.05, 0) is 0 Å². The Labute approximate surface area is 84.6 Å². The van der Waals surface area contributed by atoms with E-state index >= 15 is 0 Å². The van der Waals surface area contributed by atoms with Crippen LogP contribution in [0.1, 0.15) is 0 Å². The highest BCUT2D eigenvalue weighted by molar-refractivity contribution is 8.12. The highest BCUT2D eigenvalue weighted by atomic mass is 35.7. The van der Waals surface area contributed by atoms with Gasteiger partial charge in [0.15, 0.2) is 0 Å². The lowest BCUT2D eigenvalue weighted by Gasteiger charge is -2.28. The summed E-state index contributed by atoms with van der Waals surface area (Å²) in [6.07, 6.45) is 0. The van der Waals surface area contributed by atoms with Gasteiger partial charge in [0.2, 0.25) is 0 Å². The van der Waals surface area contributed by atoms with Crippen molar-refractivity contribution in [1.82, 2.24) is 4.31 Å². The van der Waals surface area contributed by atoms with E-state index < -0.39 is 21.2 Å². The lowest BCUT2D eigenvalue weighted by atomic mass is 10.3. The Kier molecular flexibility index (Phi) is 3.44. The molecule has 1 aliphatic heterocycles. The highest BCUT2D eigenvalue weighted by Crippen LogP contribution is 2.21. The molecule has 1 saturated heterocycles. The van der Waals surface area contributed by atoms with E-state index in [4.69, 9.17) is 15.8 Å². The molecule has 1 unspecified atom stereocenters. The summed E-state index contributed by atoms with van der Waals surface area (Å²) < 4.78 is 22.7. The number of carboxylic acid groups (broad SMARTS) is 1. The fraction of sp³-hybridized carbons (Fsp3) is 0.800. The molecule has 0 aliphatic carbocycles. The summed E-state index contributed by atoms with van der Waals surface area (Å²) in [5.74, 6) is -0.326. The zero-order chi connectivity index (χ0) is 10.1. The fourth-order valence-electron chi connectivity index (χ4n) is 1.04. The van der Waals surface area contributed by atoms with E-state index in [0.717, 1.165) is 4.31 Å². The topological polar surface area (TPSA) is 74.7 Å². The molecule has 8 heteroatoms. The maximum atomic E-state index is 10.9. The first-order valence-electron chi connectivity index (χ1n) is 3.45. The Morgan fingerprint density at radius 2 is 2.23 bits per heavy atom. The van der Waals surface area contributed by atoms with Gasteiger partial charge in [-0.25, -0.2) is 0 Å². The van der Waals surface area contributed by atoms with Crippen molar-refractivity contribution in [3.63, 3.8) is 0 Å². The molecule has 76 valence electrons. The van der Waals surface area contributed by atoms with Crippen molar-refractivity contribution >= 4 is 37.7 Å². The minimum absolute atomic E-state index is 0.160. The van der Waals surface area contributed by atoms with E-state index in [1.807, 2.05) is 0 Å². The van der Waals surface area contributed by atoms with E-state index in [2.05, 4.69) is 0 Å². The van der Waals surface area contributed by atoms with E-state index in [0.29, 0.717) is 5.75 Å². The van der Waals surface area contributed by atoms with Crippen LogP contribution in [0.4, 0.5) is 0 Å². The predicted octanol–water partition coefficient (Wildman–Crippen LogP) is -0.0280. The number of nitrogens with zero attached hydrogens (tertiary/aromatic N) is 1. The van der Waals surface area contributed by atoms with Crippen molar-refractivity contribution in [3.05, 3.63) is 0 Å². The fourth-order valence-corrected chi connectivity index (χ4v) is 3.57. The van der Waals surface area contributed by atoms with Crippen LogP contribution in [0.15, 0.2) is 0 Å². The van der Waals surface area contributed by atoms with Gasteiger partial charge in [-0.3, -0.25) is 4.79 Å². The maximum absolute atomic E-state index is 10.9. The Bertz CT molecular complexity index is 304. The number of carbonyl (C=O) groups is 1. The Hall–Kier alpha value is 0.0200. The van der Waals surface area contributed by atoms with Gasteiger partial charge < -0.3 is 5.11 Å². The van der Waals surface area contributed by atoms with Crippen LogP contribution in [-0.2, 0) is 14.0 Å². The van der Waals surface area contributed by atoms with Crippen LogP contribution in [0, 0.1) is 0 Å². The van der Waals surface area contributed by atoms with Gasteiger partial charge in [0.1, 0.15) is 6.04 Å². The van der Waals surface area contributed by atoms with Gasteiger partial charge in [0.05, 0.1) is 0 Å². The van der Waals surface area contributed by atoms with Crippen molar-refractivity contribution in [1.29, 1.82) is 0 Å². The van der Waals surface area contributed by atoms with Gasteiger partial charge in [-0.2, -0.15) is 24.5 Å². The van der Waals surface area contributed by atoms with Crippen LogP contribution in [0.5, 0.6) is 0 Å². The normalized spacial score (nSPS) is 25.8. The molecule has 1 atom stereocenters. The van der Waals surface area contributed by atoms with E-state index in [1.165, 1.54) is 11.8 Å². The van der Waals surface area contributed by atoms with Crippen molar-refractivity contribution in [2.75, 3.05) is 18.1 Å². The Morgan fingerprint density at radius 1 is 1.62 bits per heavy atom. The van der Waals surface area contributed by atoms with Crippen molar-refractivity contribution < 1.29 is 18.3 Å². The molecular weight excluding hydrogens is 238 g/mol. The number of halogens is 1. The SMILES string of the molecule is O=C(O)C1CSCCN1S(=O)(=O)Cl. The number of hydrogen-bond acceptors (Lipinski definition) is 4. The lowest BCUT2D eigenvalue weighted by molar-refractivity contribution is -0.140. The minimum atomic E-state index is -3.91. The third kappa shape index (κ3) is 2.73. The largest absolute Gasteiger partial charge is 0.480 e. The predicted molar refractivity (Wildman–Crippen MR) is 50.2 cm³/mol. The Morgan fingerprint density at radius 3 is 2.62 bits per heavy atom. The minimum Gasteiger partial charge on any atom is -0.480 e. The van der Waals surface area contributed by atoms with E-state index in [9.17, 15) is 13.2 Å². The van der Waals surface area contributed by atoms with Crippen LogP contribution >= 0.6 is 22.4 Å². The molecule has 0 aromatic carbocycles.